The Morgan fingerprint density at radius 2 is 2.32 bits per heavy atom. The van der Waals surface area contributed by atoms with Gasteiger partial charge in [0.25, 0.3) is 0 Å². The molecule has 0 aliphatic heterocycles. The van der Waals surface area contributed by atoms with E-state index < -0.39 is 0 Å². The number of imidazole rings is 1. The van der Waals surface area contributed by atoms with E-state index in [-0.39, 0.29) is 11.2 Å². The first-order valence-corrected chi connectivity index (χ1v) is 7.02. The molecular weight excluding hydrogens is 282 g/mol. The van der Waals surface area contributed by atoms with Crippen LogP contribution in [0.3, 0.4) is 0 Å². The third kappa shape index (κ3) is 3.75. The molecule has 19 heavy (non-hydrogen) atoms. The lowest BCUT2D eigenvalue weighted by Gasteiger charge is -2.11. The van der Waals surface area contributed by atoms with Crippen molar-refractivity contribution in [3.8, 4) is 0 Å². The van der Waals surface area contributed by atoms with Gasteiger partial charge in [0.1, 0.15) is 0 Å². The Balaban J connectivity index is 1.98. The molecule has 4 nitrogen and oxygen atoms in total. The summed E-state index contributed by atoms with van der Waals surface area (Å²) in [5.41, 5.74) is 0.699. The molecule has 0 saturated carbocycles. The van der Waals surface area contributed by atoms with Crippen molar-refractivity contribution in [1.29, 1.82) is 0 Å². The SMILES string of the molecule is C[C@H](Sc1nccn1C)C(=O)Nc1cccc(Cl)c1. The zero-order valence-electron chi connectivity index (χ0n) is 10.6. The molecule has 0 bridgehead atoms. The number of benzene rings is 1. The van der Waals surface area contributed by atoms with Crippen molar-refractivity contribution in [3.05, 3.63) is 41.7 Å². The number of anilines is 1. The van der Waals surface area contributed by atoms with E-state index in [2.05, 4.69) is 10.3 Å². The number of rotatable bonds is 4. The van der Waals surface area contributed by atoms with E-state index >= 15 is 0 Å². The van der Waals surface area contributed by atoms with E-state index in [0.29, 0.717) is 10.7 Å². The van der Waals surface area contributed by atoms with Crippen molar-refractivity contribution in [2.24, 2.45) is 7.05 Å². The molecule has 0 aliphatic carbocycles. The number of nitrogens with zero attached hydrogens (tertiary/aromatic N) is 2. The topological polar surface area (TPSA) is 46.9 Å². The molecular formula is C13H14ClN3OS. The molecule has 6 heteroatoms. The second kappa shape index (κ2) is 6.12. The Hall–Kier alpha value is -1.46. The van der Waals surface area contributed by atoms with Crippen molar-refractivity contribution in [2.75, 3.05) is 5.32 Å². The van der Waals surface area contributed by atoms with Gasteiger partial charge in [0, 0.05) is 30.2 Å². The van der Waals surface area contributed by atoms with Gasteiger partial charge in [-0.25, -0.2) is 4.98 Å². The van der Waals surface area contributed by atoms with Gasteiger partial charge in [0.2, 0.25) is 5.91 Å². The van der Waals surface area contributed by atoms with Crippen LogP contribution in [0, 0.1) is 0 Å². The molecule has 0 spiro atoms. The quantitative estimate of drug-likeness (QED) is 0.881. The normalized spacial score (nSPS) is 12.2. The highest BCUT2D eigenvalue weighted by molar-refractivity contribution is 8.00. The fourth-order valence-corrected chi connectivity index (χ4v) is 2.51. The van der Waals surface area contributed by atoms with Gasteiger partial charge >= 0.3 is 0 Å². The number of aryl methyl sites for hydroxylation is 1. The number of carbonyl (C=O) groups excluding carboxylic acids is 1. The zero-order valence-corrected chi connectivity index (χ0v) is 12.2. The van der Waals surface area contributed by atoms with E-state index in [1.807, 2.05) is 30.8 Å². The van der Waals surface area contributed by atoms with Crippen molar-refractivity contribution in [1.82, 2.24) is 9.55 Å². The fraction of sp³-hybridized carbons (Fsp3) is 0.231. The van der Waals surface area contributed by atoms with Gasteiger partial charge in [-0.15, -0.1) is 0 Å². The Bertz CT molecular complexity index is 585. The molecule has 1 heterocycles. The van der Waals surface area contributed by atoms with Crippen molar-refractivity contribution >= 4 is 35.0 Å². The van der Waals surface area contributed by atoms with Crippen LogP contribution in [0.1, 0.15) is 6.92 Å². The number of carbonyl (C=O) groups is 1. The number of thioether (sulfide) groups is 1. The maximum Gasteiger partial charge on any atom is 0.237 e. The van der Waals surface area contributed by atoms with Gasteiger partial charge < -0.3 is 9.88 Å². The van der Waals surface area contributed by atoms with Crippen molar-refractivity contribution in [3.63, 3.8) is 0 Å². The summed E-state index contributed by atoms with van der Waals surface area (Å²) in [5.74, 6) is -0.0738. The second-order valence-corrected chi connectivity index (χ2v) is 5.82. The van der Waals surface area contributed by atoms with E-state index in [1.54, 1.807) is 24.4 Å². The zero-order chi connectivity index (χ0) is 13.8. The van der Waals surface area contributed by atoms with Crippen LogP contribution < -0.4 is 5.32 Å². The molecule has 2 rings (SSSR count). The molecule has 1 aromatic carbocycles. The number of nitrogens with one attached hydrogen (secondary N) is 1. The molecule has 0 saturated heterocycles. The lowest BCUT2D eigenvalue weighted by atomic mass is 10.3. The first kappa shape index (κ1) is 14.0. The lowest BCUT2D eigenvalue weighted by Crippen LogP contribution is -2.22. The minimum absolute atomic E-state index is 0.0738. The maximum absolute atomic E-state index is 12.0. The predicted octanol–water partition coefficient (Wildman–Crippen LogP) is 3.19. The third-order valence-electron chi connectivity index (χ3n) is 2.52. The molecule has 0 aliphatic rings. The number of amides is 1. The molecule has 100 valence electrons. The average Bonchev–Trinajstić information content (AvgIpc) is 2.75. The Morgan fingerprint density at radius 1 is 1.53 bits per heavy atom. The molecule has 1 atom stereocenters. The minimum atomic E-state index is -0.236. The first-order valence-electron chi connectivity index (χ1n) is 5.76. The van der Waals surface area contributed by atoms with Gasteiger partial charge in [0.05, 0.1) is 5.25 Å². The minimum Gasteiger partial charge on any atom is -0.329 e. The Kier molecular flexibility index (Phi) is 4.50. The first-order chi connectivity index (χ1) is 9.06. The monoisotopic (exact) mass is 295 g/mol. The summed E-state index contributed by atoms with van der Waals surface area (Å²) in [6.45, 7) is 1.85. The largest absolute Gasteiger partial charge is 0.329 e. The van der Waals surface area contributed by atoms with Gasteiger partial charge in [-0.3, -0.25) is 4.79 Å². The summed E-state index contributed by atoms with van der Waals surface area (Å²) in [5, 5.41) is 4.01. The van der Waals surface area contributed by atoms with Gasteiger partial charge in [-0.05, 0) is 25.1 Å². The van der Waals surface area contributed by atoms with Crippen LogP contribution in [0.5, 0.6) is 0 Å². The molecule has 1 N–H and O–H groups in total. The fourth-order valence-electron chi connectivity index (χ4n) is 1.49. The molecule has 0 unspecified atom stereocenters. The summed E-state index contributed by atoms with van der Waals surface area (Å²) in [7, 11) is 1.90. The van der Waals surface area contributed by atoms with Gasteiger partial charge in [-0.1, -0.05) is 29.4 Å². The third-order valence-corrected chi connectivity index (χ3v) is 3.93. The predicted molar refractivity (Wildman–Crippen MR) is 78.6 cm³/mol. The Labute approximate surface area is 121 Å². The van der Waals surface area contributed by atoms with E-state index in [9.17, 15) is 4.79 Å². The Morgan fingerprint density at radius 3 is 2.95 bits per heavy atom. The van der Waals surface area contributed by atoms with Crippen LogP contribution >= 0.6 is 23.4 Å². The van der Waals surface area contributed by atoms with Gasteiger partial charge in [-0.2, -0.15) is 0 Å². The van der Waals surface area contributed by atoms with Crippen LogP contribution in [0.4, 0.5) is 5.69 Å². The van der Waals surface area contributed by atoms with Gasteiger partial charge in [0.15, 0.2) is 5.16 Å². The van der Waals surface area contributed by atoms with Crippen LogP contribution in [0.25, 0.3) is 0 Å². The summed E-state index contributed by atoms with van der Waals surface area (Å²) < 4.78 is 1.88. The van der Waals surface area contributed by atoms with Crippen LogP contribution in [-0.4, -0.2) is 20.7 Å². The smallest absolute Gasteiger partial charge is 0.237 e. The lowest BCUT2D eigenvalue weighted by molar-refractivity contribution is -0.115. The van der Waals surface area contributed by atoms with E-state index in [4.69, 9.17) is 11.6 Å². The van der Waals surface area contributed by atoms with Crippen molar-refractivity contribution < 1.29 is 4.79 Å². The molecule has 0 fully saturated rings. The highest BCUT2D eigenvalue weighted by atomic mass is 35.5. The molecule has 2 aromatic rings. The standard InChI is InChI=1S/C13H14ClN3OS/c1-9(19-13-15-6-7-17(13)2)12(18)16-11-5-3-4-10(14)8-11/h3-9H,1-2H3,(H,16,18)/t9-/m0/s1. The maximum atomic E-state index is 12.0. The number of hydrogen-bond donors (Lipinski definition) is 1. The van der Waals surface area contributed by atoms with Crippen LogP contribution in [0.15, 0.2) is 41.8 Å². The molecule has 0 radical (unpaired) electrons. The molecule has 1 aromatic heterocycles. The van der Waals surface area contributed by atoms with E-state index in [1.165, 1.54) is 11.8 Å². The summed E-state index contributed by atoms with van der Waals surface area (Å²) in [6.07, 6.45) is 3.56. The number of aromatic nitrogens is 2. The second-order valence-electron chi connectivity index (χ2n) is 4.08. The highest BCUT2D eigenvalue weighted by Crippen LogP contribution is 2.22. The summed E-state index contributed by atoms with van der Waals surface area (Å²) in [6, 6.07) is 7.09. The summed E-state index contributed by atoms with van der Waals surface area (Å²) in [4.78, 5) is 16.2. The van der Waals surface area contributed by atoms with Crippen molar-refractivity contribution in [2.45, 2.75) is 17.3 Å². The van der Waals surface area contributed by atoms with Crippen LogP contribution in [-0.2, 0) is 11.8 Å². The number of hydrogen-bond acceptors (Lipinski definition) is 3. The van der Waals surface area contributed by atoms with E-state index in [0.717, 1.165) is 5.16 Å². The van der Waals surface area contributed by atoms with Crippen LogP contribution in [0.2, 0.25) is 5.02 Å². The molecule has 1 amide bonds. The summed E-state index contributed by atoms with van der Waals surface area (Å²) >= 11 is 7.29. The average molecular weight is 296 g/mol. The number of halogens is 1. The highest BCUT2D eigenvalue weighted by Gasteiger charge is 2.16.